The summed E-state index contributed by atoms with van der Waals surface area (Å²) < 4.78 is 0. The molecule has 2 rings (SSSR count). The second-order valence-electron chi connectivity index (χ2n) is 6.84. The molecule has 0 radical (unpaired) electrons. The molecule has 1 aliphatic carbocycles. The monoisotopic (exact) mass is 281 g/mol. The number of nitrogens with zero attached hydrogens (tertiary/aromatic N) is 2. The van der Waals surface area contributed by atoms with Crippen LogP contribution in [0.15, 0.2) is 0 Å². The van der Waals surface area contributed by atoms with Crippen molar-refractivity contribution >= 4 is 5.91 Å². The smallest absolute Gasteiger partial charge is 0.226 e. The number of hydrogen-bond donors (Lipinski definition) is 1. The largest absolute Gasteiger partial charge is 0.342 e. The third-order valence-electron chi connectivity index (χ3n) is 5.40. The standard InChI is InChI=1S/C16H31N3O/c1-12(2)19-9-7-14(8-10-19)18(3)16(20)15-6-4-5-13(15)11-17/h12-15H,4-11,17H2,1-3H3. The average Bonchev–Trinajstić information content (AvgIpc) is 2.94. The van der Waals surface area contributed by atoms with Crippen molar-refractivity contribution in [1.82, 2.24) is 9.80 Å². The quantitative estimate of drug-likeness (QED) is 0.853. The van der Waals surface area contributed by atoms with Gasteiger partial charge in [0.05, 0.1) is 0 Å². The molecule has 1 heterocycles. The Hall–Kier alpha value is -0.610. The molecule has 1 amide bonds. The van der Waals surface area contributed by atoms with E-state index in [-0.39, 0.29) is 5.92 Å². The lowest BCUT2D eigenvalue weighted by Crippen LogP contribution is -2.49. The molecule has 2 fully saturated rings. The lowest BCUT2D eigenvalue weighted by molar-refractivity contribution is -0.138. The summed E-state index contributed by atoms with van der Waals surface area (Å²) in [6.07, 6.45) is 5.56. The molecule has 116 valence electrons. The van der Waals surface area contributed by atoms with E-state index in [2.05, 4.69) is 18.7 Å². The number of carbonyl (C=O) groups excluding carboxylic acids is 1. The average molecular weight is 281 g/mol. The lowest BCUT2D eigenvalue weighted by atomic mass is 9.93. The Morgan fingerprint density at radius 3 is 2.45 bits per heavy atom. The van der Waals surface area contributed by atoms with E-state index in [0.29, 0.717) is 30.5 Å². The van der Waals surface area contributed by atoms with Crippen LogP contribution in [0.4, 0.5) is 0 Å². The first-order chi connectivity index (χ1) is 9.54. The van der Waals surface area contributed by atoms with Crippen LogP contribution >= 0.6 is 0 Å². The molecule has 0 spiro atoms. The van der Waals surface area contributed by atoms with Gasteiger partial charge in [0.15, 0.2) is 0 Å². The van der Waals surface area contributed by atoms with E-state index in [1.54, 1.807) is 0 Å². The van der Waals surface area contributed by atoms with Gasteiger partial charge in [0.1, 0.15) is 0 Å². The van der Waals surface area contributed by atoms with Crippen molar-refractivity contribution in [1.29, 1.82) is 0 Å². The van der Waals surface area contributed by atoms with Crippen molar-refractivity contribution in [2.75, 3.05) is 26.7 Å². The molecule has 20 heavy (non-hydrogen) atoms. The Labute approximate surface area is 123 Å². The van der Waals surface area contributed by atoms with Crippen molar-refractivity contribution in [3.05, 3.63) is 0 Å². The number of piperidine rings is 1. The third-order valence-corrected chi connectivity index (χ3v) is 5.40. The fourth-order valence-corrected chi connectivity index (χ4v) is 3.88. The molecule has 4 nitrogen and oxygen atoms in total. The van der Waals surface area contributed by atoms with Gasteiger partial charge in [-0.3, -0.25) is 4.79 Å². The van der Waals surface area contributed by atoms with E-state index in [1.165, 1.54) is 0 Å². The molecule has 2 aliphatic rings. The minimum absolute atomic E-state index is 0.188. The predicted octanol–water partition coefficient (Wildman–Crippen LogP) is 1.69. The summed E-state index contributed by atoms with van der Waals surface area (Å²) in [7, 11) is 2.00. The van der Waals surface area contributed by atoms with Crippen LogP contribution in [0, 0.1) is 11.8 Å². The van der Waals surface area contributed by atoms with Gasteiger partial charge in [0.2, 0.25) is 5.91 Å². The summed E-state index contributed by atoms with van der Waals surface area (Å²) in [4.78, 5) is 17.2. The predicted molar refractivity (Wildman–Crippen MR) is 82.4 cm³/mol. The van der Waals surface area contributed by atoms with E-state index in [0.717, 1.165) is 45.2 Å². The number of rotatable bonds is 4. The van der Waals surface area contributed by atoms with Crippen LogP contribution in [0.3, 0.4) is 0 Å². The summed E-state index contributed by atoms with van der Waals surface area (Å²) in [6, 6.07) is 1.05. The first-order valence-electron chi connectivity index (χ1n) is 8.25. The fourth-order valence-electron chi connectivity index (χ4n) is 3.88. The number of hydrogen-bond acceptors (Lipinski definition) is 3. The van der Waals surface area contributed by atoms with E-state index in [4.69, 9.17) is 5.73 Å². The van der Waals surface area contributed by atoms with Gasteiger partial charge in [-0.05, 0) is 52.0 Å². The van der Waals surface area contributed by atoms with Crippen LogP contribution in [0.25, 0.3) is 0 Å². The van der Waals surface area contributed by atoms with Gasteiger partial charge in [-0.2, -0.15) is 0 Å². The van der Waals surface area contributed by atoms with Crippen LogP contribution in [0.2, 0.25) is 0 Å². The molecule has 0 aromatic heterocycles. The number of amides is 1. The van der Waals surface area contributed by atoms with Crippen LogP contribution in [0.1, 0.15) is 46.0 Å². The van der Waals surface area contributed by atoms with Gasteiger partial charge in [0.25, 0.3) is 0 Å². The van der Waals surface area contributed by atoms with Crippen molar-refractivity contribution in [2.24, 2.45) is 17.6 Å². The zero-order valence-electron chi connectivity index (χ0n) is 13.3. The maximum atomic E-state index is 12.7. The molecule has 2 unspecified atom stereocenters. The molecule has 1 saturated carbocycles. The van der Waals surface area contributed by atoms with Crippen LogP contribution in [-0.2, 0) is 4.79 Å². The summed E-state index contributed by atoms with van der Waals surface area (Å²) in [6.45, 7) is 7.39. The maximum absolute atomic E-state index is 12.7. The summed E-state index contributed by atoms with van der Waals surface area (Å²) in [5.74, 6) is 0.953. The number of nitrogens with two attached hydrogens (primary N) is 1. The molecule has 0 bridgehead atoms. The highest BCUT2D eigenvalue weighted by atomic mass is 16.2. The highest BCUT2D eigenvalue weighted by molar-refractivity contribution is 5.79. The minimum atomic E-state index is 0.188. The minimum Gasteiger partial charge on any atom is -0.342 e. The first-order valence-corrected chi connectivity index (χ1v) is 8.25. The normalized spacial score (nSPS) is 29.1. The SMILES string of the molecule is CC(C)N1CCC(N(C)C(=O)C2CCCC2CN)CC1. The fraction of sp³-hybridized carbons (Fsp3) is 0.938. The molecule has 1 saturated heterocycles. The van der Waals surface area contributed by atoms with Crippen molar-refractivity contribution < 1.29 is 4.79 Å². The van der Waals surface area contributed by atoms with E-state index >= 15 is 0 Å². The highest BCUT2D eigenvalue weighted by Gasteiger charge is 2.36. The Morgan fingerprint density at radius 2 is 1.90 bits per heavy atom. The molecule has 4 heteroatoms. The Morgan fingerprint density at radius 1 is 1.25 bits per heavy atom. The molecule has 0 aromatic rings. The molecule has 2 N–H and O–H groups in total. The van der Waals surface area contributed by atoms with Crippen molar-refractivity contribution in [2.45, 2.75) is 58.0 Å². The van der Waals surface area contributed by atoms with Gasteiger partial charge in [-0.15, -0.1) is 0 Å². The van der Waals surface area contributed by atoms with E-state index in [9.17, 15) is 4.79 Å². The Balaban J connectivity index is 1.88. The molecule has 0 aromatic carbocycles. The van der Waals surface area contributed by atoms with Crippen LogP contribution in [-0.4, -0.2) is 54.5 Å². The zero-order chi connectivity index (χ0) is 14.7. The van der Waals surface area contributed by atoms with Gasteiger partial charge in [0, 0.05) is 38.1 Å². The molecular formula is C16H31N3O. The van der Waals surface area contributed by atoms with Crippen molar-refractivity contribution in [3.8, 4) is 0 Å². The number of carbonyl (C=O) groups is 1. The van der Waals surface area contributed by atoms with Crippen molar-refractivity contribution in [3.63, 3.8) is 0 Å². The molecule has 2 atom stereocenters. The Bertz CT molecular complexity index is 324. The third kappa shape index (κ3) is 3.34. The molecule has 1 aliphatic heterocycles. The van der Waals surface area contributed by atoms with Gasteiger partial charge in [-0.1, -0.05) is 6.42 Å². The van der Waals surface area contributed by atoms with Gasteiger partial charge in [-0.25, -0.2) is 0 Å². The van der Waals surface area contributed by atoms with E-state index in [1.807, 2.05) is 11.9 Å². The highest BCUT2D eigenvalue weighted by Crippen LogP contribution is 2.33. The van der Waals surface area contributed by atoms with Gasteiger partial charge >= 0.3 is 0 Å². The number of likely N-dealkylation sites (tertiary alicyclic amines) is 1. The van der Waals surface area contributed by atoms with Crippen LogP contribution in [0.5, 0.6) is 0 Å². The summed E-state index contributed by atoms with van der Waals surface area (Å²) in [5, 5.41) is 0. The second-order valence-corrected chi connectivity index (χ2v) is 6.84. The molecular weight excluding hydrogens is 250 g/mol. The van der Waals surface area contributed by atoms with E-state index < -0.39 is 0 Å². The summed E-state index contributed by atoms with van der Waals surface area (Å²) in [5.41, 5.74) is 5.81. The second kappa shape index (κ2) is 6.90. The van der Waals surface area contributed by atoms with Gasteiger partial charge < -0.3 is 15.5 Å². The zero-order valence-corrected chi connectivity index (χ0v) is 13.3. The first kappa shape index (κ1) is 15.8. The Kier molecular flexibility index (Phi) is 5.44. The topological polar surface area (TPSA) is 49.6 Å². The van der Waals surface area contributed by atoms with Crippen LogP contribution < -0.4 is 5.73 Å². The lowest BCUT2D eigenvalue weighted by Gasteiger charge is -2.39. The summed E-state index contributed by atoms with van der Waals surface area (Å²) >= 11 is 0. The maximum Gasteiger partial charge on any atom is 0.226 e.